The lowest BCUT2D eigenvalue weighted by atomic mass is 9.86. The van der Waals surface area contributed by atoms with Gasteiger partial charge in [0, 0.05) is 6.42 Å². The predicted octanol–water partition coefficient (Wildman–Crippen LogP) is 3.26. The van der Waals surface area contributed by atoms with Crippen LogP contribution in [0.25, 0.3) is 0 Å². The van der Waals surface area contributed by atoms with Crippen LogP contribution < -0.4 is 0 Å². The first-order valence-corrected chi connectivity index (χ1v) is 4.80. The van der Waals surface area contributed by atoms with Crippen LogP contribution in [0.5, 0.6) is 0 Å². The lowest BCUT2D eigenvalue weighted by Crippen LogP contribution is -2.05. The lowest BCUT2D eigenvalue weighted by molar-refractivity contribution is 0.333. The number of nitrogens with zero attached hydrogens (tertiary/aromatic N) is 1. The second-order valence-electron chi connectivity index (χ2n) is 3.55. The van der Waals surface area contributed by atoms with Gasteiger partial charge in [0.1, 0.15) is 0 Å². The molecule has 11 heavy (non-hydrogen) atoms. The van der Waals surface area contributed by atoms with Gasteiger partial charge in [-0.15, -0.1) is 0 Å². The molecule has 1 rings (SSSR count). The fourth-order valence-corrected chi connectivity index (χ4v) is 1.95. The van der Waals surface area contributed by atoms with E-state index in [1.165, 1.54) is 38.5 Å². The molecular formula is C10H17N. The van der Waals surface area contributed by atoms with Crippen molar-refractivity contribution in [3.05, 3.63) is 0 Å². The van der Waals surface area contributed by atoms with Gasteiger partial charge in [0.05, 0.1) is 6.07 Å². The zero-order chi connectivity index (χ0) is 7.94. The van der Waals surface area contributed by atoms with Crippen molar-refractivity contribution in [1.29, 1.82) is 5.26 Å². The first kappa shape index (κ1) is 8.59. The second kappa shape index (κ2) is 5.18. The second-order valence-corrected chi connectivity index (χ2v) is 3.55. The highest BCUT2D eigenvalue weighted by molar-refractivity contribution is 4.71. The molecule has 0 N–H and O–H groups in total. The van der Waals surface area contributed by atoms with Crippen molar-refractivity contribution in [2.75, 3.05) is 0 Å². The fraction of sp³-hybridized carbons (Fsp3) is 0.900. The van der Waals surface area contributed by atoms with Crippen molar-refractivity contribution >= 4 is 0 Å². The summed E-state index contributed by atoms with van der Waals surface area (Å²) in [5.41, 5.74) is 0. The molecule has 0 spiro atoms. The van der Waals surface area contributed by atoms with Crippen molar-refractivity contribution in [3.63, 3.8) is 0 Å². The number of unbranched alkanes of at least 4 members (excludes halogenated alkanes) is 1. The van der Waals surface area contributed by atoms with Gasteiger partial charge in [-0.05, 0) is 18.8 Å². The Hall–Kier alpha value is -0.510. The van der Waals surface area contributed by atoms with Gasteiger partial charge in [0.15, 0.2) is 0 Å². The van der Waals surface area contributed by atoms with Crippen molar-refractivity contribution in [2.45, 2.75) is 51.4 Å². The molecular weight excluding hydrogens is 134 g/mol. The maximum atomic E-state index is 8.35. The average molecular weight is 151 g/mol. The van der Waals surface area contributed by atoms with Gasteiger partial charge in [-0.2, -0.15) is 5.26 Å². The van der Waals surface area contributed by atoms with Gasteiger partial charge in [-0.25, -0.2) is 0 Å². The summed E-state index contributed by atoms with van der Waals surface area (Å²) in [6.07, 6.45) is 10.3. The Kier molecular flexibility index (Phi) is 4.04. The Morgan fingerprint density at radius 1 is 1.18 bits per heavy atom. The minimum Gasteiger partial charge on any atom is -0.198 e. The van der Waals surface area contributed by atoms with E-state index in [0.29, 0.717) is 0 Å². The van der Waals surface area contributed by atoms with Crippen LogP contribution in [0.4, 0.5) is 0 Å². The molecule has 0 heterocycles. The first-order valence-electron chi connectivity index (χ1n) is 4.80. The summed E-state index contributed by atoms with van der Waals surface area (Å²) in [6, 6.07) is 2.21. The Morgan fingerprint density at radius 2 is 1.91 bits per heavy atom. The van der Waals surface area contributed by atoms with E-state index in [9.17, 15) is 0 Å². The average Bonchev–Trinajstić information content (AvgIpc) is 2.07. The quantitative estimate of drug-likeness (QED) is 0.568. The molecule has 0 aromatic carbocycles. The maximum absolute atomic E-state index is 8.35. The molecule has 0 aromatic rings. The van der Waals surface area contributed by atoms with Gasteiger partial charge >= 0.3 is 0 Å². The molecule has 0 aromatic heterocycles. The molecule has 1 fully saturated rings. The Balaban J connectivity index is 2.01. The van der Waals surface area contributed by atoms with Crippen molar-refractivity contribution in [3.8, 4) is 6.07 Å². The summed E-state index contributed by atoms with van der Waals surface area (Å²) in [5.74, 6) is 0.956. The summed E-state index contributed by atoms with van der Waals surface area (Å²) >= 11 is 0. The first-order chi connectivity index (χ1) is 5.43. The zero-order valence-corrected chi connectivity index (χ0v) is 7.18. The van der Waals surface area contributed by atoms with Gasteiger partial charge in [-0.3, -0.25) is 0 Å². The van der Waals surface area contributed by atoms with E-state index in [0.717, 1.165) is 18.8 Å². The van der Waals surface area contributed by atoms with E-state index in [2.05, 4.69) is 6.07 Å². The van der Waals surface area contributed by atoms with Gasteiger partial charge < -0.3 is 0 Å². The van der Waals surface area contributed by atoms with E-state index in [1.54, 1.807) is 0 Å². The van der Waals surface area contributed by atoms with Crippen LogP contribution in [0.3, 0.4) is 0 Å². The van der Waals surface area contributed by atoms with Crippen molar-refractivity contribution in [1.82, 2.24) is 0 Å². The van der Waals surface area contributed by atoms with Crippen LogP contribution in [0.2, 0.25) is 0 Å². The largest absolute Gasteiger partial charge is 0.198 e. The minimum atomic E-state index is 0.760. The van der Waals surface area contributed by atoms with E-state index in [4.69, 9.17) is 5.26 Å². The van der Waals surface area contributed by atoms with Crippen LogP contribution >= 0.6 is 0 Å². The molecule has 0 atom stereocenters. The monoisotopic (exact) mass is 151 g/mol. The van der Waals surface area contributed by atoms with Gasteiger partial charge in [0.2, 0.25) is 0 Å². The zero-order valence-electron chi connectivity index (χ0n) is 7.18. The number of nitriles is 1. The number of hydrogen-bond donors (Lipinski definition) is 0. The Labute approximate surface area is 69.4 Å². The van der Waals surface area contributed by atoms with E-state index < -0.39 is 0 Å². The molecule has 0 aliphatic heterocycles. The highest BCUT2D eigenvalue weighted by Crippen LogP contribution is 2.27. The molecule has 0 unspecified atom stereocenters. The molecule has 0 bridgehead atoms. The van der Waals surface area contributed by atoms with E-state index in [-0.39, 0.29) is 0 Å². The van der Waals surface area contributed by atoms with Crippen LogP contribution in [0, 0.1) is 17.2 Å². The third kappa shape index (κ3) is 3.41. The molecule has 1 aliphatic rings. The summed E-state index contributed by atoms with van der Waals surface area (Å²) < 4.78 is 0. The number of rotatable bonds is 3. The molecule has 1 nitrogen and oxygen atoms in total. The Bertz CT molecular complexity index is 128. The topological polar surface area (TPSA) is 23.8 Å². The van der Waals surface area contributed by atoms with Crippen LogP contribution in [-0.4, -0.2) is 0 Å². The Morgan fingerprint density at radius 3 is 2.55 bits per heavy atom. The predicted molar refractivity (Wildman–Crippen MR) is 46.0 cm³/mol. The third-order valence-corrected chi connectivity index (χ3v) is 2.63. The normalized spacial score (nSPS) is 19.5. The van der Waals surface area contributed by atoms with Gasteiger partial charge in [0.25, 0.3) is 0 Å². The van der Waals surface area contributed by atoms with E-state index in [1.807, 2.05) is 0 Å². The third-order valence-electron chi connectivity index (χ3n) is 2.63. The summed E-state index contributed by atoms with van der Waals surface area (Å²) in [4.78, 5) is 0. The summed E-state index contributed by atoms with van der Waals surface area (Å²) in [7, 11) is 0. The highest BCUT2D eigenvalue weighted by atomic mass is 14.2. The van der Waals surface area contributed by atoms with Crippen LogP contribution in [0.1, 0.15) is 51.4 Å². The van der Waals surface area contributed by atoms with Crippen LogP contribution in [-0.2, 0) is 0 Å². The minimum absolute atomic E-state index is 0.760. The molecule has 0 radical (unpaired) electrons. The molecule has 0 saturated heterocycles. The lowest BCUT2D eigenvalue weighted by Gasteiger charge is -2.20. The van der Waals surface area contributed by atoms with Crippen LogP contribution in [0.15, 0.2) is 0 Å². The summed E-state index contributed by atoms with van der Waals surface area (Å²) in [6.45, 7) is 0. The standard InChI is InChI=1S/C10H17N/c11-9-5-4-8-10-6-2-1-3-7-10/h10H,1-8H2. The van der Waals surface area contributed by atoms with Gasteiger partial charge in [-0.1, -0.05) is 32.1 Å². The fourth-order valence-electron chi connectivity index (χ4n) is 1.95. The molecule has 1 saturated carbocycles. The van der Waals surface area contributed by atoms with Crippen molar-refractivity contribution < 1.29 is 0 Å². The van der Waals surface area contributed by atoms with Crippen molar-refractivity contribution in [2.24, 2.45) is 5.92 Å². The maximum Gasteiger partial charge on any atom is 0.0621 e. The highest BCUT2D eigenvalue weighted by Gasteiger charge is 2.11. The van der Waals surface area contributed by atoms with E-state index >= 15 is 0 Å². The molecule has 62 valence electrons. The summed E-state index contributed by atoms with van der Waals surface area (Å²) in [5, 5.41) is 8.35. The smallest absolute Gasteiger partial charge is 0.0621 e. The molecule has 1 heteroatoms. The number of hydrogen-bond acceptors (Lipinski definition) is 1. The molecule has 0 amide bonds. The SMILES string of the molecule is N#CCCCC1CCCCC1. The molecule has 1 aliphatic carbocycles.